The molecule has 0 saturated carbocycles. The number of sulfone groups is 1. The third-order valence-corrected chi connectivity index (χ3v) is 3.69. The molecule has 0 fully saturated rings. The van der Waals surface area contributed by atoms with Gasteiger partial charge in [-0.15, -0.1) is 0 Å². The van der Waals surface area contributed by atoms with Crippen LogP contribution in [-0.4, -0.2) is 49.8 Å². The summed E-state index contributed by atoms with van der Waals surface area (Å²) in [7, 11) is -1.23. The summed E-state index contributed by atoms with van der Waals surface area (Å²) in [6.45, 7) is 2.23. The molecule has 0 aliphatic carbocycles. The summed E-state index contributed by atoms with van der Waals surface area (Å²) in [6, 6.07) is 4.68. The van der Waals surface area contributed by atoms with E-state index in [4.69, 9.17) is 0 Å². The molecular formula is C13H19NO4S. The molecule has 0 radical (unpaired) electrons. The lowest BCUT2D eigenvalue weighted by atomic mass is 10.1. The summed E-state index contributed by atoms with van der Waals surface area (Å²) in [5.41, 5.74) is 1.15. The Hall–Kier alpha value is -1.40. The molecule has 6 heteroatoms. The molecule has 0 atom stereocenters. The highest BCUT2D eigenvalue weighted by molar-refractivity contribution is 7.90. The van der Waals surface area contributed by atoms with Crippen molar-refractivity contribution in [2.75, 3.05) is 25.6 Å². The molecule has 0 amide bonds. The number of phenolic OH excluding ortho intramolecular Hbond substituents is 1. The van der Waals surface area contributed by atoms with Gasteiger partial charge in [-0.3, -0.25) is 4.79 Å². The Morgan fingerprint density at radius 2 is 2.00 bits per heavy atom. The zero-order chi connectivity index (χ0) is 14.6. The number of phenols is 1. The smallest absolute Gasteiger partial charge is 0.159 e. The van der Waals surface area contributed by atoms with Gasteiger partial charge in [0.25, 0.3) is 0 Å². The Bertz CT molecular complexity index is 566. The van der Waals surface area contributed by atoms with Gasteiger partial charge in [0.05, 0.1) is 5.75 Å². The number of hydrogen-bond donors (Lipinski definition) is 1. The van der Waals surface area contributed by atoms with E-state index in [0.717, 1.165) is 0 Å². The molecule has 0 bridgehead atoms. The van der Waals surface area contributed by atoms with Crippen molar-refractivity contribution >= 4 is 15.6 Å². The number of carbonyl (C=O) groups excluding carboxylic acids is 1. The highest BCUT2D eigenvalue weighted by Crippen LogP contribution is 2.20. The molecule has 0 aliphatic heterocycles. The predicted molar refractivity (Wildman–Crippen MR) is 74.2 cm³/mol. The van der Waals surface area contributed by atoms with Crippen LogP contribution >= 0.6 is 0 Å². The Morgan fingerprint density at radius 1 is 1.37 bits per heavy atom. The van der Waals surface area contributed by atoms with E-state index in [-0.39, 0.29) is 17.3 Å². The first-order valence-corrected chi connectivity index (χ1v) is 7.94. The zero-order valence-electron chi connectivity index (χ0n) is 11.4. The van der Waals surface area contributed by atoms with E-state index >= 15 is 0 Å². The quantitative estimate of drug-likeness (QED) is 0.791. The third-order valence-electron chi connectivity index (χ3n) is 2.77. The van der Waals surface area contributed by atoms with Gasteiger partial charge in [0.15, 0.2) is 5.78 Å². The normalized spacial score (nSPS) is 11.8. The first-order chi connectivity index (χ1) is 8.69. The van der Waals surface area contributed by atoms with Crippen molar-refractivity contribution in [2.24, 2.45) is 0 Å². The van der Waals surface area contributed by atoms with Gasteiger partial charge >= 0.3 is 0 Å². The van der Waals surface area contributed by atoms with Crippen LogP contribution in [0.15, 0.2) is 18.2 Å². The van der Waals surface area contributed by atoms with Gasteiger partial charge in [-0.05, 0) is 32.2 Å². The van der Waals surface area contributed by atoms with Crippen molar-refractivity contribution < 1.29 is 18.3 Å². The Kier molecular flexibility index (Phi) is 5.08. The van der Waals surface area contributed by atoms with Gasteiger partial charge in [0.2, 0.25) is 0 Å². The highest BCUT2D eigenvalue weighted by Gasteiger charge is 2.10. The van der Waals surface area contributed by atoms with Crippen molar-refractivity contribution in [3.8, 4) is 5.75 Å². The van der Waals surface area contributed by atoms with Crippen molar-refractivity contribution in [2.45, 2.75) is 13.5 Å². The van der Waals surface area contributed by atoms with Crippen LogP contribution in [0.25, 0.3) is 0 Å². The fourth-order valence-corrected chi connectivity index (χ4v) is 2.27. The topological polar surface area (TPSA) is 74.7 Å². The van der Waals surface area contributed by atoms with E-state index < -0.39 is 9.84 Å². The second-order valence-electron chi connectivity index (χ2n) is 4.77. The first kappa shape index (κ1) is 15.7. The summed E-state index contributed by atoms with van der Waals surface area (Å²) in [6.07, 6.45) is 1.19. The zero-order valence-corrected chi connectivity index (χ0v) is 12.2. The van der Waals surface area contributed by atoms with E-state index in [1.165, 1.54) is 19.2 Å². The molecule has 1 aromatic carbocycles. The summed E-state index contributed by atoms with van der Waals surface area (Å²) in [5.74, 6) is 0.104. The van der Waals surface area contributed by atoms with Crippen molar-refractivity contribution in [1.82, 2.24) is 4.90 Å². The minimum atomic E-state index is -3.00. The monoisotopic (exact) mass is 285 g/mol. The van der Waals surface area contributed by atoms with E-state index in [1.807, 2.05) is 0 Å². The molecule has 0 aromatic heterocycles. The van der Waals surface area contributed by atoms with Crippen LogP contribution in [0.4, 0.5) is 0 Å². The third kappa shape index (κ3) is 5.40. The summed E-state index contributed by atoms with van der Waals surface area (Å²) < 4.78 is 22.2. The summed E-state index contributed by atoms with van der Waals surface area (Å²) >= 11 is 0. The maximum absolute atomic E-state index is 11.3. The Labute approximate surface area is 113 Å². The van der Waals surface area contributed by atoms with Crippen LogP contribution in [0.1, 0.15) is 22.8 Å². The van der Waals surface area contributed by atoms with Crippen molar-refractivity contribution in [1.29, 1.82) is 0 Å². The van der Waals surface area contributed by atoms with Crippen molar-refractivity contribution in [3.05, 3.63) is 29.3 Å². The minimum absolute atomic E-state index is 0.0661. The van der Waals surface area contributed by atoms with Crippen LogP contribution in [0.5, 0.6) is 5.75 Å². The molecule has 0 saturated heterocycles. The molecule has 0 spiro atoms. The van der Waals surface area contributed by atoms with Crippen LogP contribution in [0.2, 0.25) is 0 Å². The first-order valence-electron chi connectivity index (χ1n) is 5.88. The van der Waals surface area contributed by atoms with E-state index in [0.29, 0.717) is 24.2 Å². The molecule has 0 aliphatic rings. The van der Waals surface area contributed by atoms with Crippen molar-refractivity contribution in [3.63, 3.8) is 0 Å². The van der Waals surface area contributed by atoms with Crippen LogP contribution in [-0.2, 0) is 16.4 Å². The molecule has 1 N–H and O–H groups in total. The molecule has 5 nitrogen and oxygen atoms in total. The number of ketones is 1. The van der Waals surface area contributed by atoms with Gasteiger partial charge in [-0.1, -0.05) is 0 Å². The number of hydrogen-bond acceptors (Lipinski definition) is 5. The molecule has 0 unspecified atom stereocenters. The summed E-state index contributed by atoms with van der Waals surface area (Å²) in [5, 5.41) is 9.74. The molecule has 1 aromatic rings. The van der Waals surface area contributed by atoms with E-state index in [9.17, 15) is 18.3 Å². The Balaban J connectivity index is 2.75. The molecule has 0 heterocycles. The van der Waals surface area contributed by atoms with Gasteiger partial charge in [-0.2, -0.15) is 0 Å². The lowest BCUT2D eigenvalue weighted by molar-refractivity contribution is 0.101. The average molecular weight is 285 g/mol. The lowest BCUT2D eigenvalue weighted by Gasteiger charge is -2.17. The predicted octanol–water partition coefficient (Wildman–Crippen LogP) is 1.07. The molecule has 1 rings (SSSR count). The van der Waals surface area contributed by atoms with Gasteiger partial charge in [0.1, 0.15) is 15.6 Å². The average Bonchev–Trinajstić information content (AvgIpc) is 2.28. The van der Waals surface area contributed by atoms with Gasteiger partial charge < -0.3 is 10.0 Å². The maximum Gasteiger partial charge on any atom is 0.159 e. The minimum Gasteiger partial charge on any atom is -0.508 e. The maximum atomic E-state index is 11.3. The SMILES string of the molecule is CC(=O)c1ccc(O)c(CN(C)CCS(C)(=O)=O)c1. The second kappa shape index (κ2) is 6.16. The van der Waals surface area contributed by atoms with Crippen LogP contribution in [0.3, 0.4) is 0 Å². The lowest BCUT2D eigenvalue weighted by Crippen LogP contribution is -2.25. The van der Waals surface area contributed by atoms with E-state index in [2.05, 4.69) is 0 Å². The highest BCUT2D eigenvalue weighted by atomic mass is 32.2. The van der Waals surface area contributed by atoms with Gasteiger partial charge in [-0.25, -0.2) is 8.42 Å². The van der Waals surface area contributed by atoms with Crippen LogP contribution < -0.4 is 0 Å². The van der Waals surface area contributed by atoms with Gasteiger partial charge in [0, 0.05) is 30.5 Å². The number of nitrogens with zero attached hydrogens (tertiary/aromatic N) is 1. The number of carbonyl (C=O) groups is 1. The van der Waals surface area contributed by atoms with Crippen LogP contribution in [0, 0.1) is 0 Å². The standard InChI is InChI=1S/C13H19NO4S/c1-10(15)11-4-5-13(16)12(8-11)9-14(2)6-7-19(3,17)18/h4-5,8,16H,6-7,9H2,1-3H3. The fraction of sp³-hybridized carbons (Fsp3) is 0.462. The Morgan fingerprint density at radius 3 is 2.53 bits per heavy atom. The second-order valence-corrected chi connectivity index (χ2v) is 7.03. The number of rotatable bonds is 6. The molecule has 19 heavy (non-hydrogen) atoms. The largest absolute Gasteiger partial charge is 0.508 e. The molecular weight excluding hydrogens is 266 g/mol. The number of Topliss-reactive ketones (excluding diaryl/α,β-unsaturated/α-hetero) is 1. The fourth-order valence-electron chi connectivity index (χ4n) is 1.62. The molecule has 106 valence electrons. The number of benzene rings is 1. The summed E-state index contributed by atoms with van der Waals surface area (Å²) in [4.78, 5) is 13.1. The number of aromatic hydroxyl groups is 1. The van der Waals surface area contributed by atoms with E-state index in [1.54, 1.807) is 24.1 Å².